The zero-order valence-electron chi connectivity index (χ0n) is 7.28. The lowest BCUT2D eigenvalue weighted by atomic mass is 10.5. The summed E-state index contributed by atoms with van der Waals surface area (Å²) in [6.07, 6.45) is 1.13. The monoisotopic (exact) mass is 194 g/mol. The Morgan fingerprint density at radius 3 is 2.33 bits per heavy atom. The van der Waals surface area contributed by atoms with E-state index < -0.39 is 9.84 Å². The highest BCUT2D eigenvalue weighted by atomic mass is 32.2. The molecule has 72 valence electrons. The van der Waals surface area contributed by atoms with Crippen LogP contribution in [-0.4, -0.2) is 51.4 Å². The molecule has 0 saturated carbocycles. The molecule has 0 aromatic carbocycles. The second kappa shape index (κ2) is 4.42. The maximum atomic E-state index is 10.8. The molecule has 0 aliphatic rings. The fourth-order valence-corrected chi connectivity index (χ4v) is 1.19. The van der Waals surface area contributed by atoms with E-state index in [4.69, 9.17) is 5.73 Å². The van der Waals surface area contributed by atoms with Crippen molar-refractivity contribution in [1.82, 2.24) is 4.90 Å². The molecule has 6 heteroatoms. The van der Waals surface area contributed by atoms with Gasteiger partial charge in [-0.2, -0.15) is 0 Å². The number of hydrogen-bond acceptors (Lipinski definition) is 4. The number of nitrogens with zero attached hydrogens (tertiary/aromatic N) is 1. The number of carbonyl (C=O) groups excluding carboxylic acids is 1. The molecule has 0 radical (unpaired) electrons. The predicted molar refractivity (Wildman–Crippen MR) is 46.4 cm³/mol. The second-order valence-corrected chi connectivity index (χ2v) is 4.91. The Balaban J connectivity index is 3.88. The minimum Gasteiger partial charge on any atom is -0.344 e. The van der Waals surface area contributed by atoms with Crippen LogP contribution in [0.25, 0.3) is 0 Å². The molecular weight excluding hydrogens is 180 g/mol. The standard InChI is InChI=1S/C6H14N2O3S/c1-8(6(9)5-7)3-4-12(2,10)11/h3-5,7H2,1-2H3. The van der Waals surface area contributed by atoms with Crippen LogP contribution in [0, 0.1) is 0 Å². The summed E-state index contributed by atoms with van der Waals surface area (Å²) in [5.74, 6) is -0.270. The maximum absolute atomic E-state index is 10.8. The number of rotatable bonds is 4. The number of carbonyl (C=O) groups is 1. The van der Waals surface area contributed by atoms with Crippen LogP contribution >= 0.6 is 0 Å². The zero-order valence-corrected chi connectivity index (χ0v) is 8.10. The first-order chi connectivity index (χ1) is 5.37. The van der Waals surface area contributed by atoms with Crippen LogP contribution in [0.4, 0.5) is 0 Å². The van der Waals surface area contributed by atoms with Crippen LogP contribution in [0.3, 0.4) is 0 Å². The molecule has 0 rings (SSSR count). The summed E-state index contributed by atoms with van der Waals surface area (Å²) >= 11 is 0. The summed E-state index contributed by atoms with van der Waals surface area (Å²) in [4.78, 5) is 12.1. The molecule has 0 aromatic rings. The average molecular weight is 194 g/mol. The van der Waals surface area contributed by atoms with Crippen LogP contribution in [-0.2, 0) is 14.6 Å². The van der Waals surface area contributed by atoms with Crippen molar-refractivity contribution in [3.8, 4) is 0 Å². The smallest absolute Gasteiger partial charge is 0.236 e. The van der Waals surface area contributed by atoms with Crippen LogP contribution in [0.1, 0.15) is 0 Å². The Bertz CT molecular complexity index is 248. The first-order valence-corrected chi connectivity index (χ1v) is 5.54. The number of nitrogens with two attached hydrogens (primary N) is 1. The molecule has 0 heterocycles. The topological polar surface area (TPSA) is 80.5 Å². The summed E-state index contributed by atoms with van der Waals surface area (Å²) in [6, 6.07) is 0. The van der Waals surface area contributed by atoms with Gasteiger partial charge in [-0.25, -0.2) is 8.42 Å². The molecule has 0 saturated heterocycles. The van der Waals surface area contributed by atoms with Gasteiger partial charge in [-0.15, -0.1) is 0 Å². The van der Waals surface area contributed by atoms with Gasteiger partial charge in [0.1, 0.15) is 9.84 Å². The first-order valence-electron chi connectivity index (χ1n) is 3.48. The normalized spacial score (nSPS) is 11.2. The van der Waals surface area contributed by atoms with Crippen molar-refractivity contribution in [3.05, 3.63) is 0 Å². The molecular formula is C6H14N2O3S. The Labute approximate surface area is 72.5 Å². The van der Waals surface area contributed by atoms with Crippen LogP contribution in [0.2, 0.25) is 0 Å². The molecule has 5 nitrogen and oxygen atoms in total. The van der Waals surface area contributed by atoms with Crippen LogP contribution < -0.4 is 5.73 Å². The van der Waals surface area contributed by atoms with E-state index in [2.05, 4.69) is 0 Å². The highest BCUT2D eigenvalue weighted by Crippen LogP contribution is 1.87. The molecule has 2 N–H and O–H groups in total. The summed E-state index contributed by atoms with van der Waals surface area (Å²) in [7, 11) is -1.47. The van der Waals surface area contributed by atoms with E-state index in [1.165, 1.54) is 11.9 Å². The van der Waals surface area contributed by atoms with E-state index in [9.17, 15) is 13.2 Å². The molecule has 0 unspecified atom stereocenters. The Hall–Kier alpha value is -0.620. The lowest BCUT2D eigenvalue weighted by Gasteiger charge is -2.14. The number of amides is 1. The average Bonchev–Trinajstić information content (AvgIpc) is 1.97. The third kappa shape index (κ3) is 5.09. The summed E-state index contributed by atoms with van der Waals surface area (Å²) in [5.41, 5.74) is 5.07. The second-order valence-electron chi connectivity index (χ2n) is 2.65. The molecule has 0 aliphatic heterocycles. The Morgan fingerprint density at radius 2 is 2.00 bits per heavy atom. The maximum Gasteiger partial charge on any atom is 0.236 e. The minimum absolute atomic E-state index is 0.0186. The Kier molecular flexibility index (Phi) is 4.19. The molecule has 0 fully saturated rings. The molecule has 0 spiro atoms. The molecule has 1 amide bonds. The van der Waals surface area contributed by atoms with Gasteiger partial charge in [0.25, 0.3) is 0 Å². The van der Waals surface area contributed by atoms with Crippen LogP contribution in [0.5, 0.6) is 0 Å². The van der Waals surface area contributed by atoms with E-state index in [-0.39, 0.29) is 24.7 Å². The number of hydrogen-bond donors (Lipinski definition) is 1. The van der Waals surface area contributed by atoms with Crippen molar-refractivity contribution in [1.29, 1.82) is 0 Å². The van der Waals surface area contributed by atoms with Gasteiger partial charge in [0, 0.05) is 19.8 Å². The predicted octanol–water partition coefficient (Wildman–Crippen LogP) is -1.55. The summed E-state index contributed by atoms with van der Waals surface area (Å²) in [6.45, 7) is 0.120. The minimum atomic E-state index is -3.00. The highest BCUT2D eigenvalue weighted by molar-refractivity contribution is 7.90. The third-order valence-corrected chi connectivity index (χ3v) is 2.32. The van der Waals surface area contributed by atoms with Crippen molar-refractivity contribution in [2.45, 2.75) is 0 Å². The molecule has 0 aromatic heterocycles. The van der Waals surface area contributed by atoms with Gasteiger partial charge in [0.2, 0.25) is 5.91 Å². The quantitative estimate of drug-likeness (QED) is 0.587. The SMILES string of the molecule is CN(CCS(C)(=O)=O)C(=O)CN. The van der Waals surface area contributed by atoms with Gasteiger partial charge < -0.3 is 10.6 Å². The molecule has 0 bridgehead atoms. The van der Waals surface area contributed by atoms with Crippen molar-refractivity contribution in [2.75, 3.05) is 32.1 Å². The van der Waals surface area contributed by atoms with Crippen molar-refractivity contribution < 1.29 is 13.2 Å². The molecule has 0 aliphatic carbocycles. The highest BCUT2D eigenvalue weighted by Gasteiger charge is 2.09. The fraction of sp³-hybridized carbons (Fsp3) is 0.833. The van der Waals surface area contributed by atoms with E-state index in [0.717, 1.165) is 6.26 Å². The molecule has 0 atom stereocenters. The summed E-state index contributed by atoms with van der Waals surface area (Å²) in [5, 5.41) is 0. The van der Waals surface area contributed by atoms with Crippen molar-refractivity contribution in [3.63, 3.8) is 0 Å². The van der Waals surface area contributed by atoms with Gasteiger partial charge in [-0.1, -0.05) is 0 Å². The zero-order chi connectivity index (χ0) is 9.78. The van der Waals surface area contributed by atoms with Gasteiger partial charge >= 0.3 is 0 Å². The van der Waals surface area contributed by atoms with Gasteiger partial charge in [0.05, 0.1) is 12.3 Å². The van der Waals surface area contributed by atoms with E-state index in [1.807, 2.05) is 0 Å². The number of likely N-dealkylation sites (N-methyl/N-ethyl adjacent to an activating group) is 1. The lowest BCUT2D eigenvalue weighted by Crippen LogP contribution is -2.35. The van der Waals surface area contributed by atoms with Gasteiger partial charge in [-0.3, -0.25) is 4.79 Å². The fourth-order valence-electron chi connectivity index (χ4n) is 0.583. The Morgan fingerprint density at radius 1 is 1.50 bits per heavy atom. The third-order valence-electron chi connectivity index (χ3n) is 1.40. The number of sulfone groups is 1. The summed E-state index contributed by atoms with van der Waals surface area (Å²) < 4.78 is 21.4. The van der Waals surface area contributed by atoms with E-state index in [1.54, 1.807) is 0 Å². The van der Waals surface area contributed by atoms with Crippen molar-refractivity contribution >= 4 is 15.7 Å². The van der Waals surface area contributed by atoms with E-state index >= 15 is 0 Å². The van der Waals surface area contributed by atoms with Crippen molar-refractivity contribution in [2.24, 2.45) is 5.73 Å². The van der Waals surface area contributed by atoms with Gasteiger partial charge in [0.15, 0.2) is 0 Å². The lowest BCUT2D eigenvalue weighted by molar-refractivity contribution is -0.128. The molecule has 12 heavy (non-hydrogen) atoms. The van der Waals surface area contributed by atoms with Gasteiger partial charge in [-0.05, 0) is 0 Å². The first kappa shape index (κ1) is 11.4. The van der Waals surface area contributed by atoms with E-state index in [0.29, 0.717) is 0 Å². The largest absolute Gasteiger partial charge is 0.344 e. The van der Waals surface area contributed by atoms with Crippen LogP contribution in [0.15, 0.2) is 0 Å².